The van der Waals surface area contributed by atoms with Crippen molar-refractivity contribution in [3.05, 3.63) is 60.2 Å². The Morgan fingerprint density at radius 3 is 2.48 bits per heavy atom. The van der Waals surface area contributed by atoms with E-state index < -0.39 is 5.41 Å². The van der Waals surface area contributed by atoms with Crippen LogP contribution < -0.4 is 11.5 Å². The van der Waals surface area contributed by atoms with Crippen molar-refractivity contribution in [2.45, 2.75) is 30.7 Å². The SMILES string of the molecule is NC(=NC(=O)c1cnn(C2COC2)c1)C1(c2ccc(-c3cnc(N)cn3)cc2)CCC1. The van der Waals surface area contributed by atoms with Crippen molar-refractivity contribution in [1.82, 2.24) is 19.7 Å². The second kappa shape index (κ2) is 7.59. The molecule has 9 nitrogen and oxygen atoms in total. The van der Waals surface area contributed by atoms with Crippen LogP contribution in [0.5, 0.6) is 0 Å². The molecule has 2 fully saturated rings. The maximum absolute atomic E-state index is 12.7. The van der Waals surface area contributed by atoms with Gasteiger partial charge >= 0.3 is 0 Å². The van der Waals surface area contributed by atoms with Gasteiger partial charge in [0.15, 0.2) is 0 Å². The second-order valence-corrected chi connectivity index (χ2v) is 8.04. The molecule has 2 aromatic heterocycles. The minimum atomic E-state index is -0.418. The number of hydrogen-bond acceptors (Lipinski definition) is 6. The third-order valence-corrected chi connectivity index (χ3v) is 6.17. The number of aliphatic imine (C=N–C) groups is 1. The topological polar surface area (TPSA) is 134 Å². The van der Waals surface area contributed by atoms with E-state index in [4.69, 9.17) is 16.2 Å². The Morgan fingerprint density at radius 1 is 1.13 bits per heavy atom. The summed E-state index contributed by atoms with van der Waals surface area (Å²) in [7, 11) is 0. The molecule has 1 amide bonds. The third-order valence-electron chi connectivity index (χ3n) is 6.17. The van der Waals surface area contributed by atoms with Crippen molar-refractivity contribution in [3.8, 4) is 11.3 Å². The van der Waals surface area contributed by atoms with Gasteiger partial charge in [0.25, 0.3) is 5.91 Å². The number of benzene rings is 1. The quantitative estimate of drug-likeness (QED) is 0.479. The molecule has 1 aliphatic heterocycles. The molecule has 1 aliphatic carbocycles. The zero-order chi connectivity index (χ0) is 21.4. The summed E-state index contributed by atoms with van der Waals surface area (Å²) < 4.78 is 6.93. The van der Waals surface area contributed by atoms with Gasteiger partial charge in [0.1, 0.15) is 11.7 Å². The lowest BCUT2D eigenvalue weighted by atomic mass is 9.63. The van der Waals surface area contributed by atoms with Gasteiger partial charge in [-0.1, -0.05) is 30.7 Å². The van der Waals surface area contributed by atoms with Gasteiger partial charge in [-0.05, 0) is 18.4 Å². The zero-order valence-corrected chi connectivity index (χ0v) is 16.9. The van der Waals surface area contributed by atoms with E-state index in [1.807, 2.05) is 24.3 Å². The van der Waals surface area contributed by atoms with E-state index >= 15 is 0 Å². The number of rotatable bonds is 5. The number of carbonyl (C=O) groups is 1. The first kappa shape index (κ1) is 19.4. The second-order valence-electron chi connectivity index (χ2n) is 8.04. The molecule has 3 aromatic rings. The lowest BCUT2D eigenvalue weighted by Crippen LogP contribution is -2.47. The van der Waals surface area contributed by atoms with Crippen molar-refractivity contribution in [2.75, 3.05) is 18.9 Å². The maximum Gasteiger partial charge on any atom is 0.281 e. The molecule has 1 saturated carbocycles. The Hall–Kier alpha value is -3.59. The molecular formula is C22H23N7O2. The predicted molar refractivity (Wildman–Crippen MR) is 115 cm³/mol. The molecule has 1 aromatic carbocycles. The highest BCUT2D eigenvalue weighted by Gasteiger charge is 2.43. The summed E-state index contributed by atoms with van der Waals surface area (Å²) in [6.07, 6.45) is 9.18. The minimum Gasteiger partial charge on any atom is -0.386 e. The summed E-state index contributed by atoms with van der Waals surface area (Å²) >= 11 is 0. The molecule has 9 heteroatoms. The zero-order valence-electron chi connectivity index (χ0n) is 16.9. The van der Waals surface area contributed by atoms with Crippen LogP contribution in [0.25, 0.3) is 11.3 Å². The van der Waals surface area contributed by atoms with Gasteiger partial charge in [0.2, 0.25) is 0 Å². The molecule has 31 heavy (non-hydrogen) atoms. The Kier molecular flexibility index (Phi) is 4.74. The molecule has 158 valence electrons. The number of aromatic nitrogens is 4. The highest BCUT2D eigenvalue weighted by atomic mass is 16.5. The van der Waals surface area contributed by atoms with Crippen LogP contribution in [0.2, 0.25) is 0 Å². The summed E-state index contributed by atoms with van der Waals surface area (Å²) in [6.45, 7) is 1.23. The molecule has 0 spiro atoms. The molecule has 5 rings (SSSR count). The van der Waals surface area contributed by atoms with Crippen LogP contribution in [0.3, 0.4) is 0 Å². The smallest absolute Gasteiger partial charge is 0.281 e. The van der Waals surface area contributed by atoms with Crippen molar-refractivity contribution < 1.29 is 9.53 Å². The van der Waals surface area contributed by atoms with Crippen LogP contribution in [0, 0.1) is 0 Å². The Balaban J connectivity index is 1.37. The van der Waals surface area contributed by atoms with E-state index in [1.54, 1.807) is 17.1 Å². The number of carbonyl (C=O) groups excluding carboxylic acids is 1. The van der Waals surface area contributed by atoms with Crippen molar-refractivity contribution >= 4 is 17.6 Å². The van der Waals surface area contributed by atoms with E-state index in [1.165, 1.54) is 12.4 Å². The first-order valence-corrected chi connectivity index (χ1v) is 10.2. The van der Waals surface area contributed by atoms with Crippen LogP contribution in [0.15, 0.2) is 54.0 Å². The fourth-order valence-electron chi connectivity index (χ4n) is 3.98. The monoisotopic (exact) mass is 417 g/mol. The number of nitrogens with zero attached hydrogens (tertiary/aromatic N) is 5. The number of nitrogen functional groups attached to an aromatic ring is 1. The lowest BCUT2D eigenvalue weighted by Gasteiger charge is -2.41. The van der Waals surface area contributed by atoms with Gasteiger partial charge in [-0.15, -0.1) is 0 Å². The van der Waals surface area contributed by atoms with Gasteiger partial charge in [-0.25, -0.2) is 4.98 Å². The largest absolute Gasteiger partial charge is 0.386 e. The fourth-order valence-corrected chi connectivity index (χ4v) is 3.98. The number of nitrogens with two attached hydrogens (primary N) is 2. The summed E-state index contributed by atoms with van der Waals surface area (Å²) in [5.41, 5.74) is 14.8. The van der Waals surface area contributed by atoms with Crippen LogP contribution in [-0.2, 0) is 10.2 Å². The lowest BCUT2D eigenvalue weighted by molar-refractivity contribution is -0.0286. The molecule has 1 saturated heterocycles. The normalized spacial score (nSPS) is 18.3. The Bertz CT molecular complexity index is 1130. The van der Waals surface area contributed by atoms with Crippen LogP contribution >= 0.6 is 0 Å². The average Bonchev–Trinajstić information content (AvgIpc) is 3.16. The summed E-state index contributed by atoms with van der Waals surface area (Å²) in [4.78, 5) is 25.4. The van der Waals surface area contributed by atoms with Crippen LogP contribution in [-0.4, -0.2) is 44.7 Å². The molecule has 0 radical (unpaired) electrons. The standard InChI is InChI=1S/C22H23N7O2/c23-19-10-25-18(9-26-19)14-2-4-16(5-3-14)22(6-1-7-22)21(24)28-20(30)15-8-27-29(11-15)17-12-31-13-17/h2-5,8-11,17H,1,6-7,12-13H2,(H2,23,26)(H2,24,28,30). The Labute approximate surface area is 179 Å². The predicted octanol–water partition coefficient (Wildman–Crippen LogP) is 2.11. The van der Waals surface area contributed by atoms with Crippen LogP contribution in [0.1, 0.15) is 41.2 Å². The van der Waals surface area contributed by atoms with Crippen molar-refractivity contribution in [2.24, 2.45) is 10.7 Å². The van der Waals surface area contributed by atoms with Crippen LogP contribution in [0.4, 0.5) is 5.82 Å². The minimum absolute atomic E-state index is 0.185. The molecule has 0 bridgehead atoms. The van der Waals surface area contributed by atoms with Gasteiger partial charge in [0.05, 0.1) is 54.5 Å². The van der Waals surface area contributed by atoms with Gasteiger partial charge in [0, 0.05) is 11.8 Å². The molecule has 4 N–H and O–H groups in total. The average molecular weight is 417 g/mol. The Morgan fingerprint density at radius 2 is 1.90 bits per heavy atom. The molecule has 0 unspecified atom stereocenters. The van der Waals surface area contributed by atoms with Gasteiger partial charge in [-0.3, -0.25) is 14.5 Å². The van der Waals surface area contributed by atoms with E-state index in [-0.39, 0.29) is 11.9 Å². The molecule has 0 atom stereocenters. The van der Waals surface area contributed by atoms with E-state index in [0.717, 1.165) is 36.1 Å². The maximum atomic E-state index is 12.7. The number of ether oxygens (including phenoxy) is 1. The van der Waals surface area contributed by atoms with Crippen molar-refractivity contribution in [1.29, 1.82) is 0 Å². The molecule has 2 aliphatic rings. The number of amidine groups is 1. The summed E-state index contributed by atoms with van der Waals surface area (Å²) in [5.74, 6) is 0.363. The highest BCUT2D eigenvalue weighted by molar-refractivity contribution is 6.06. The highest BCUT2D eigenvalue weighted by Crippen LogP contribution is 2.44. The van der Waals surface area contributed by atoms with E-state index in [2.05, 4.69) is 20.1 Å². The first-order valence-electron chi connectivity index (χ1n) is 10.2. The summed E-state index contributed by atoms with van der Waals surface area (Å²) in [6, 6.07) is 8.19. The van der Waals surface area contributed by atoms with Gasteiger partial charge in [-0.2, -0.15) is 10.1 Å². The third kappa shape index (κ3) is 3.46. The van der Waals surface area contributed by atoms with E-state index in [0.29, 0.717) is 30.4 Å². The van der Waals surface area contributed by atoms with E-state index in [9.17, 15) is 4.79 Å². The summed E-state index contributed by atoms with van der Waals surface area (Å²) in [5, 5.41) is 4.25. The van der Waals surface area contributed by atoms with Crippen molar-refractivity contribution in [3.63, 3.8) is 0 Å². The van der Waals surface area contributed by atoms with Gasteiger partial charge < -0.3 is 16.2 Å². The number of anilines is 1. The molecular weight excluding hydrogens is 394 g/mol. The fraction of sp³-hybridized carbons (Fsp3) is 0.318. The number of amides is 1. The number of hydrogen-bond donors (Lipinski definition) is 2. The first-order chi connectivity index (χ1) is 15.0. The molecule has 3 heterocycles.